The topological polar surface area (TPSA) is 43.8 Å². The Hall–Kier alpha value is -1.61. The molecular weight excluding hydrogens is 222 g/mol. The van der Waals surface area contributed by atoms with Gasteiger partial charge in [0, 0.05) is 31.1 Å². The molecule has 96 valence electrons. The summed E-state index contributed by atoms with van der Waals surface area (Å²) in [4.78, 5) is 0. The average molecular weight is 243 g/mol. The predicted octanol–water partition coefficient (Wildman–Crippen LogP) is 2.27. The van der Waals surface area contributed by atoms with Gasteiger partial charge in [0.25, 0.3) is 0 Å². The summed E-state index contributed by atoms with van der Waals surface area (Å²) < 4.78 is 1.82. The summed E-state index contributed by atoms with van der Waals surface area (Å²) in [5, 5.41) is 4.39. The smallest absolute Gasteiger partial charge is 0.0640 e. The highest BCUT2D eigenvalue weighted by molar-refractivity contribution is 5.26. The molecule has 2 N–H and O–H groups in total. The van der Waals surface area contributed by atoms with Gasteiger partial charge < -0.3 is 5.73 Å². The maximum absolute atomic E-state index is 6.38. The SMILES string of the molecule is Cn1ccc(CC(N)C(C)(C)c2ccccc2)n1. The van der Waals surface area contributed by atoms with Gasteiger partial charge in [0.2, 0.25) is 0 Å². The van der Waals surface area contributed by atoms with Crippen LogP contribution in [0.1, 0.15) is 25.1 Å². The van der Waals surface area contributed by atoms with E-state index in [4.69, 9.17) is 5.73 Å². The molecule has 0 aliphatic rings. The molecule has 2 rings (SSSR count). The minimum absolute atomic E-state index is 0.0507. The molecule has 3 nitrogen and oxygen atoms in total. The third kappa shape index (κ3) is 2.62. The molecule has 0 amide bonds. The Kier molecular flexibility index (Phi) is 3.53. The quantitative estimate of drug-likeness (QED) is 0.895. The van der Waals surface area contributed by atoms with Crippen molar-refractivity contribution < 1.29 is 0 Å². The number of nitrogens with zero attached hydrogens (tertiary/aromatic N) is 2. The van der Waals surface area contributed by atoms with Gasteiger partial charge in [-0.25, -0.2) is 0 Å². The van der Waals surface area contributed by atoms with Crippen molar-refractivity contribution in [2.45, 2.75) is 31.7 Å². The van der Waals surface area contributed by atoms with E-state index in [1.165, 1.54) is 5.56 Å². The van der Waals surface area contributed by atoms with Crippen molar-refractivity contribution in [2.75, 3.05) is 0 Å². The van der Waals surface area contributed by atoms with Crippen LogP contribution in [0.15, 0.2) is 42.6 Å². The molecule has 18 heavy (non-hydrogen) atoms. The number of hydrogen-bond acceptors (Lipinski definition) is 2. The van der Waals surface area contributed by atoms with Gasteiger partial charge in [-0.05, 0) is 11.6 Å². The summed E-state index contributed by atoms with van der Waals surface area (Å²) >= 11 is 0. The van der Waals surface area contributed by atoms with Crippen LogP contribution in [0.2, 0.25) is 0 Å². The molecule has 1 aromatic carbocycles. The Morgan fingerprint density at radius 1 is 1.22 bits per heavy atom. The van der Waals surface area contributed by atoms with Gasteiger partial charge in [0.05, 0.1) is 5.69 Å². The van der Waals surface area contributed by atoms with E-state index in [0.29, 0.717) is 0 Å². The van der Waals surface area contributed by atoms with Crippen LogP contribution >= 0.6 is 0 Å². The van der Waals surface area contributed by atoms with Gasteiger partial charge in [0.15, 0.2) is 0 Å². The molecule has 1 aromatic heterocycles. The van der Waals surface area contributed by atoms with Crippen LogP contribution in [-0.4, -0.2) is 15.8 Å². The van der Waals surface area contributed by atoms with Gasteiger partial charge in [0.1, 0.15) is 0 Å². The average Bonchev–Trinajstić information content (AvgIpc) is 2.76. The second kappa shape index (κ2) is 4.94. The number of rotatable bonds is 4. The molecule has 0 saturated heterocycles. The molecule has 0 saturated carbocycles. The first-order valence-corrected chi connectivity index (χ1v) is 6.30. The fraction of sp³-hybridized carbons (Fsp3) is 0.400. The standard InChI is InChI=1S/C15H21N3/c1-15(2,12-7-5-4-6-8-12)14(16)11-13-9-10-18(3)17-13/h4-10,14H,11,16H2,1-3H3. The van der Waals surface area contributed by atoms with E-state index in [1.807, 2.05) is 30.1 Å². The van der Waals surface area contributed by atoms with Crippen LogP contribution in [0.4, 0.5) is 0 Å². The van der Waals surface area contributed by atoms with Crippen molar-refractivity contribution in [1.82, 2.24) is 9.78 Å². The Morgan fingerprint density at radius 2 is 1.89 bits per heavy atom. The van der Waals surface area contributed by atoms with E-state index >= 15 is 0 Å². The number of nitrogens with two attached hydrogens (primary N) is 1. The van der Waals surface area contributed by atoms with E-state index in [2.05, 4.69) is 43.2 Å². The third-order valence-corrected chi connectivity index (χ3v) is 3.64. The number of aromatic nitrogens is 2. The van der Waals surface area contributed by atoms with Gasteiger partial charge in [-0.3, -0.25) is 4.68 Å². The molecule has 0 aliphatic carbocycles. The summed E-state index contributed by atoms with van der Waals surface area (Å²) in [5.74, 6) is 0. The Morgan fingerprint density at radius 3 is 2.44 bits per heavy atom. The lowest BCUT2D eigenvalue weighted by atomic mass is 9.76. The summed E-state index contributed by atoms with van der Waals surface area (Å²) in [6.45, 7) is 4.38. The number of hydrogen-bond donors (Lipinski definition) is 1. The molecule has 1 atom stereocenters. The van der Waals surface area contributed by atoms with E-state index in [-0.39, 0.29) is 11.5 Å². The maximum atomic E-state index is 6.38. The van der Waals surface area contributed by atoms with Crippen molar-refractivity contribution in [3.63, 3.8) is 0 Å². The monoisotopic (exact) mass is 243 g/mol. The summed E-state index contributed by atoms with van der Waals surface area (Å²) in [6, 6.07) is 12.5. The van der Waals surface area contributed by atoms with Crippen LogP contribution in [0, 0.1) is 0 Å². The van der Waals surface area contributed by atoms with Crippen molar-refractivity contribution >= 4 is 0 Å². The first-order chi connectivity index (χ1) is 8.50. The Labute approximate surface area is 109 Å². The molecule has 0 spiro atoms. The summed E-state index contributed by atoms with van der Waals surface area (Å²) in [5.41, 5.74) is 8.64. The minimum Gasteiger partial charge on any atom is -0.327 e. The molecule has 2 aromatic rings. The lowest BCUT2D eigenvalue weighted by Crippen LogP contribution is -2.42. The molecule has 1 heterocycles. The fourth-order valence-corrected chi connectivity index (χ4v) is 2.13. The zero-order chi connectivity index (χ0) is 13.2. The largest absolute Gasteiger partial charge is 0.327 e. The maximum Gasteiger partial charge on any atom is 0.0640 e. The van der Waals surface area contributed by atoms with Crippen molar-refractivity contribution in [2.24, 2.45) is 12.8 Å². The van der Waals surface area contributed by atoms with Crippen LogP contribution in [-0.2, 0) is 18.9 Å². The molecule has 3 heteroatoms. The highest BCUT2D eigenvalue weighted by Crippen LogP contribution is 2.27. The second-order valence-corrected chi connectivity index (χ2v) is 5.38. The van der Waals surface area contributed by atoms with Crippen molar-refractivity contribution in [3.05, 3.63) is 53.9 Å². The normalized spacial score (nSPS) is 13.6. The third-order valence-electron chi connectivity index (χ3n) is 3.64. The second-order valence-electron chi connectivity index (χ2n) is 5.38. The molecule has 0 fully saturated rings. The summed E-state index contributed by atoms with van der Waals surface area (Å²) in [6.07, 6.45) is 2.75. The molecule has 0 aliphatic heterocycles. The van der Waals surface area contributed by atoms with Gasteiger partial charge in [-0.1, -0.05) is 44.2 Å². The predicted molar refractivity (Wildman–Crippen MR) is 74.4 cm³/mol. The Bertz CT molecular complexity index is 499. The fourth-order valence-electron chi connectivity index (χ4n) is 2.13. The van der Waals surface area contributed by atoms with E-state index < -0.39 is 0 Å². The molecule has 1 unspecified atom stereocenters. The van der Waals surface area contributed by atoms with E-state index in [9.17, 15) is 0 Å². The highest BCUT2D eigenvalue weighted by Gasteiger charge is 2.28. The van der Waals surface area contributed by atoms with Gasteiger partial charge in [-0.15, -0.1) is 0 Å². The number of benzene rings is 1. The lowest BCUT2D eigenvalue weighted by Gasteiger charge is -2.32. The molecule has 0 bridgehead atoms. The Balaban J connectivity index is 2.15. The van der Waals surface area contributed by atoms with E-state index in [0.717, 1.165) is 12.1 Å². The molecular formula is C15H21N3. The van der Waals surface area contributed by atoms with Crippen LogP contribution in [0.5, 0.6) is 0 Å². The first-order valence-electron chi connectivity index (χ1n) is 6.30. The van der Waals surface area contributed by atoms with E-state index in [1.54, 1.807) is 0 Å². The lowest BCUT2D eigenvalue weighted by molar-refractivity contribution is 0.403. The number of aryl methyl sites for hydroxylation is 1. The molecule has 0 radical (unpaired) electrons. The first kappa shape index (κ1) is 12.8. The van der Waals surface area contributed by atoms with Gasteiger partial charge in [-0.2, -0.15) is 5.10 Å². The van der Waals surface area contributed by atoms with Crippen LogP contribution in [0.25, 0.3) is 0 Å². The summed E-state index contributed by atoms with van der Waals surface area (Å²) in [7, 11) is 1.93. The van der Waals surface area contributed by atoms with Gasteiger partial charge >= 0.3 is 0 Å². The van der Waals surface area contributed by atoms with Crippen molar-refractivity contribution in [1.29, 1.82) is 0 Å². The van der Waals surface area contributed by atoms with Crippen LogP contribution in [0.3, 0.4) is 0 Å². The zero-order valence-electron chi connectivity index (χ0n) is 11.3. The minimum atomic E-state index is -0.0568. The van der Waals surface area contributed by atoms with Crippen molar-refractivity contribution in [3.8, 4) is 0 Å². The zero-order valence-corrected chi connectivity index (χ0v) is 11.3. The highest BCUT2D eigenvalue weighted by atomic mass is 15.2. The van der Waals surface area contributed by atoms with Crippen LogP contribution < -0.4 is 5.73 Å².